The van der Waals surface area contributed by atoms with Crippen LogP contribution in [0.1, 0.15) is 32.3 Å². The van der Waals surface area contributed by atoms with Crippen LogP contribution in [0.25, 0.3) is 0 Å². The minimum absolute atomic E-state index is 0.303. The van der Waals surface area contributed by atoms with Crippen LogP contribution in [0, 0.1) is 5.92 Å². The minimum atomic E-state index is -0.303. The van der Waals surface area contributed by atoms with Gasteiger partial charge in [-0.3, -0.25) is 4.79 Å². The van der Waals surface area contributed by atoms with Crippen LogP contribution in [0.5, 0.6) is 0 Å². The molecule has 14 heavy (non-hydrogen) atoms. The molecule has 1 aromatic carbocycles. The maximum Gasteiger partial charge on any atom is 0.145 e. The molecule has 0 atom stereocenters. The van der Waals surface area contributed by atoms with Gasteiger partial charge in [-0.1, -0.05) is 30.3 Å². The van der Waals surface area contributed by atoms with Crippen molar-refractivity contribution in [2.24, 2.45) is 5.92 Å². The molecule has 0 aliphatic heterocycles. The van der Waals surface area contributed by atoms with E-state index in [4.69, 9.17) is 0 Å². The number of benzene rings is 1. The van der Waals surface area contributed by atoms with E-state index in [1.54, 1.807) is 0 Å². The van der Waals surface area contributed by atoms with E-state index in [0.29, 0.717) is 11.7 Å². The number of carbonyl (C=O) groups excluding carboxylic acids is 1. The van der Waals surface area contributed by atoms with Crippen LogP contribution in [0.2, 0.25) is 0 Å². The molecule has 1 saturated carbocycles. The third-order valence-corrected chi connectivity index (χ3v) is 3.06. The van der Waals surface area contributed by atoms with Gasteiger partial charge in [-0.2, -0.15) is 0 Å². The average Bonchev–Trinajstić information content (AvgIpc) is 3.01. The summed E-state index contributed by atoms with van der Waals surface area (Å²) in [4.78, 5) is 12.0. The van der Waals surface area contributed by atoms with Crippen molar-refractivity contribution in [3.05, 3.63) is 35.9 Å². The van der Waals surface area contributed by atoms with Crippen molar-refractivity contribution in [3.8, 4) is 0 Å². The number of Topliss-reactive ketones (excluding diaryl/α,β-unsaturated/α-hetero) is 1. The summed E-state index contributed by atoms with van der Waals surface area (Å²) in [5.74, 6) is 0.744. The van der Waals surface area contributed by atoms with E-state index in [0.717, 1.165) is 18.4 Å². The lowest BCUT2D eigenvalue weighted by Crippen LogP contribution is -2.30. The average molecular weight is 188 g/mol. The van der Waals surface area contributed by atoms with Crippen molar-refractivity contribution >= 4 is 5.78 Å². The number of carbonyl (C=O) groups is 1. The fraction of sp³-hybridized carbons (Fsp3) is 0.462. The molecule has 0 radical (unpaired) electrons. The Morgan fingerprint density at radius 3 is 2.29 bits per heavy atom. The first-order chi connectivity index (χ1) is 6.62. The predicted molar refractivity (Wildman–Crippen MR) is 57.2 cm³/mol. The zero-order chi connectivity index (χ0) is 10.2. The molecule has 1 aliphatic rings. The molecule has 0 bridgehead atoms. The van der Waals surface area contributed by atoms with Crippen LogP contribution in [-0.2, 0) is 10.2 Å². The number of ketones is 1. The van der Waals surface area contributed by atoms with Crippen molar-refractivity contribution in [1.82, 2.24) is 0 Å². The molecule has 1 aromatic rings. The van der Waals surface area contributed by atoms with E-state index in [1.807, 2.05) is 44.2 Å². The van der Waals surface area contributed by atoms with Crippen LogP contribution in [0.15, 0.2) is 30.3 Å². The van der Waals surface area contributed by atoms with Crippen molar-refractivity contribution in [1.29, 1.82) is 0 Å². The highest BCUT2D eigenvalue weighted by molar-refractivity contribution is 5.92. The first-order valence-corrected chi connectivity index (χ1v) is 5.22. The summed E-state index contributed by atoms with van der Waals surface area (Å²) in [5.41, 5.74) is 0.833. The molecule has 0 amide bonds. The Morgan fingerprint density at radius 1 is 1.21 bits per heavy atom. The lowest BCUT2D eigenvalue weighted by Gasteiger charge is -2.23. The van der Waals surface area contributed by atoms with E-state index in [2.05, 4.69) is 0 Å². The van der Waals surface area contributed by atoms with Crippen molar-refractivity contribution in [3.63, 3.8) is 0 Å². The SMILES string of the molecule is CC(C)(C(=O)C1CC1)c1ccccc1. The normalized spacial score (nSPS) is 16.7. The lowest BCUT2D eigenvalue weighted by atomic mass is 9.79. The summed E-state index contributed by atoms with van der Waals surface area (Å²) in [6.07, 6.45) is 2.18. The smallest absolute Gasteiger partial charge is 0.145 e. The van der Waals surface area contributed by atoms with Crippen LogP contribution >= 0.6 is 0 Å². The lowest BCUT2D eigenvalue weighted by molar-refractivity contribution is -0.124. The topological polar surface area (TPSA) is 17.1 Å². The van der Waals surface area contributed by atoms with Crippen LogP contribution in [-0.4, -0.2) is 5.78 Å². The van der Waals surface area contributed by atoms with Crippen LogP contribution in [0.4, 0.5) is 0 Å². The predicted octanol–water partition coefficient (Wildman–Crippen LogP) is 2.94. The summed E-state index contributed by atoms with van der Waals surface area (Å²) in [5, 5.41) is 0. The Balaban J connectivity index is 2.27. The minimum Gasteiger partial charge on any atom is -0.298 e. The van der Waals surface area contributed by atoms with Gasteiger partial charge in [0.25, 0.3) is 0 Å². The quantitative estimate of drug-likeness (QED) is 0.712. The largest absolute Gasteiger partial charge is 0.298 e. The van der Waals surface area contributed by atoms with E-state index in [-0.39, 0.29) is 5.41 Å². The van der Waals surface area contributed by atoms with E-state index >= 15 is 0 Å². The van der Waals surface area contributed by atoms with Gasteiger partial charge in [-0.15, -0.1) is 0 Å². The Morgan fingerprint density at radius 2 is 1.79 bits per heavy atom. The van der Waals surface area contributed by atoms with Crippen molar-refractivity contribution in [2.75, 3.05) is 0 Å². The van der Waals surface area contributed by atoms with Gasteiger partial charge >= 0.3 is 0 Å². The fourth-order valence-electron chi connectivity index (χ4n) is 1.85. The van der Waals surface area contributed by atoms with Gasteiger partial charge in [0.1, 0.15) is 5.78 Å². The van der Waals surface area contributed by atoms with Gasteiger partial charge in [0.05, 0.1) is 0 Å². The Bertz CT molecular complexity index is 334. The molecule has 2 rings (SSSR count). The second-order valence-corrected chi connectivity index (χ2v) is 4.63. The second kappa shape index (κ2) is 3.23. The molecule has 1 nitrogen and oxygen atoms in total. The maximum atomic E-state index is 12.0. The molecule has 0 N–H and O–H groups in total. The molecule has 0 heterocycles. The van der Waals surface area contributed by atoms with Gasteiger partial charge < -0.3 is 0 Å². The van der Waals surface area contributed by atoms with Gasteiger partial charge in [0, 0.05) is 11.3 Å². The molecule has 1 fully saturated rings. The molecule has 0 spiro atoms. The zero-order valence-corrected chi connectivity index (χ0v) is 8.79. The van der Waals surface area contributed by atoms with Crippen molar-refractivity contribution < 1.29 is 4.79 Å². The third kappa shape index (κ3) is 1.59. The van der Waals surface area contributed by atoms with Gasteiger partial charge in [0.15, 0.2) is 0 Å². The third-order valence-electron chi connectivity index (χ3n) is 3.06. The summed E-state index contributed by atoms with van der Waals surface area (Å²) in [6.45, 7) is 4.06. The molecular weight excluding hydrogens is 172 g/mol. The summed E-state index contributed by atoms with van der Waals surface area (Å²) >= 11 is 0. The molecule has 0 saturated heterocycles. The van der Waals surface area contributed by atoms with Crippen LogP contribution < -0.4 is 0 Å². The molecule has 74 valence electrons. The molecule has 1 heteroatoms. The first kappa shape index (κ1) is 9.45. The highest BCUT2D eigenvalue weighted by Gasteiger charge is 2.40. The van der Waals surface area contributed by atoms with Crippen molar-refractivity contribution in [2.45, 2.75) is 32.1 Å². The monoisotopic (exact) mass is 188 g/mol. The summed E-state index contributed by atoms with van der Waals surface area (Å²) < 4.78 is 0. The highest BCUT2D eigenvalue weighted by atomic mass is 16.1. The highest BCUT2D eigenvalue weighted by Crippen LogP contribution is 2.38. The van der Waals surface area contributed by atoms with E-state index in [9.17, 15) is 4.79 Å². The molecule has 0 unspecified atom stereocenters. The molecule has 1 aliphatic carbocycles. The van der Waals surface area contributed by atoms with E-state index < -0.39 is 0 Å². The Hall–Kier alpha value is -1.11. The maximum absolute atomic E-state index is 12.0. The summed E-state index contributed by atoms with van der Waals surface area (Å²) in [7, 11) is 0. The van der Waals surface area contributed by atoms with E-state index in [1.165, 1.54) is 0 Å². The molecule has 0 aromatic heterocycles. The molecular formula is C13H16O. The standard InChI is InChI=1S/C13H16O/c1-13(2,12(14)10-8-9-10)11-6-4-3-5-7-11/h3-7,10H,8-9H2,1-2H3. The number of hydrogen-bond donors (Lipinski definition) is 0. The van der Waals surface area contributed by atoms with Gasteiger partial charge in [-0.05, 0) is 32.3 Å². The van der Waals surface area contributed by atoms with Crippen LogP contribution in [0.3, 0.4) is 0 Å². The second-order valence-electron chi connectivity index (χ2n) is 4.63. The number of hydrogen-bond acceptors (Lipinski definition) is 1. The van der Waals surface area contributed by atoms with Gasteiger partial charge in [-0.25, -0.2) is 0 Å². The van der Waals surface area contributed by atoms with Gasteiger partial charge in [0.2, 0.25) is 0 Å². The zero-order valence-electron chi connectivity index (χ0n) is 8.79. The first-order valence-electron chi connectivity index (χ1n) is 5.22. The summed E-state index contributed by atoms with van der Waals surface area (Å²) in [6, 6.07) is 10.1. The Kier molecular flexibility index (Phi) is 2.18. The fourth-order valence-corrected chi connectivity index (χ4v) is 1.85. The Labute approximate surface area is 85.1 Å². The number of rotatable bonds is 3.